The molecule has 0 bridgehead atoms. The summed E-state index contributed by atoms with van der Waals surface area (Å²) in [5.74, 6) is 0.0323. The molecule has 1 atom stereocenters. The van der Waals surface area contributed by atoms with Gasteiger partial charge in [-0.3, -0.25) is 9.59 Å². The third-order valence-corrected chi connectivity index (χ3v) is 3.97. The van der Waals surface area contributed by atoms with E-state index in [9.17, 15) is 9.59 Å². The Kier molecular flexibility index (Phi) is 4.51. The van der Waals surface area contributed by atoms with E-state index in [2.05, 4.69) is 17.6 Å². The molecule has 2 amide bonds. The van der Waals surface area contributed by atoms with E-state index in [1.807, 2.05) is 43.3 Å². The average molecular weight is 324 g/mol. The zero-order chi connectivity index (χ0) is 17.1. The lowest BCUT2D eigenvalue weighted by atomic mass is 10.1. The Hall–Kier alpha value is -2.82. The van der Waals surface area contributed by atoms with Gasteiger partial charge >= 0.3 is 0 Å². The van der Waals surface area contributed by atoms with Crippen molar-refractivity contribution in [1.82, 2.24) is 0 Å². The standard InChI is InChI=1S/C19H20N2O3/c1-3-13-5-7-14(8-6-13)20-18(22)11-17-19(23)21-15-10-12(2)4-9-16(15)24-17/h4-10,17H,3,11H2,1-2H3,(H,20,22)(H,21,23). The van der Waals surface area contributed by atoms with E-state index in [-0.39, 0.29) is 18.2 Å². The van der Waals surface area contributed by atoms with Crippen molar-refractivity contribution in [1.29, 1.82) is 0 Å². The second-order valence-corrected chi connectivity index (χ2v) is 5.90. The molecular formula is C19H20N2O3. The maximum atomic E-state index is 12.2. The van der Waals surface area contributed by atoms with Gasteiger partial charge in [-0.05, 0) is 48.7 Å². The van der Waals surface area contributed by atoms with Crippen LogP contribution in [0.1, 0.15) is 24.5 Å². The minimum Gasteiger partial charge on any atom is -0.478 e. The number of carbonyl (C=O) groups excluding carboxylic acids is 2. The van der Waals surface area contributed by atoms with Crippen molar-refractivity contribution in [3.63, 3.8) is 0 Å². The maximum Gasteiger partial charge on any atom is 0.266 e. The number of nitrogens with one attached hydrogen (secondary N) is 2. The van der Waals surface area contributed by atoms with Crippen molar-refractivity contribution in [2.24, 2.45) is 0 Å². The molecule has 3 rings (SSSR count). The van der Waals surface area contributed by atoms with E-state index in [0.29, 0.717) is 17.1 Å². The number of anilines is 2. The molecular weight excluding hydrogens is 304 g/mol. The molecule has 2 N–H and O–H groups in total. The second-order valence-electron chi connectivity index (χ2n) is 5.90. The van der Waals surface area contributed by atoms with Gasteiger partial charge in [0.1, 0.15) is 5.75 Å². The summed E-state index contributed by atoms with van der Waals surface area (Å²) in [6.07, 6.45) is 0.0906. The van der Waals surface area contributed by atoms with Crippen LogP contribution in [0.4, 0.5) is 11.4 Å². The molecule has 124 valence electrons. The van der Waals surface area contributed by atoms with Crippen molar-refractivity contribution >= 4 is 23.2 Å². The lowest BCUT2D eigenvalue weighted by Crippen LogP contribution is -2.39. The number of hydrogen-bond acceptors (Lipinski definition) is 3. The summed E-state index contributed by atoms with van der Waals surface area (Å²) in [4.78, 5) is 24.3. The van der Waals surface area contributed by atoms with Gasteiger partial charge in [0.05, 0.1) is 12.1 Å². The molecule has 2 aromatic carbocycles. The monoisotopic (exact) mass is 324 g/mol. The fourth-order valence-corrected chi connectivity index (χ4v) is 2.60. The van der Waals surface area contributed by atoms with Crippen LogP contribution in [0.5, 0.6) is 5.75 Å². The summed E-state index contributed by atoms with van der Waals surface area (Å²) in [6.45, 7) is 4.02. The van der Waals surface area contributed by atoms with Gasteiger partial charge in [-0.2, -0.15) is 0 Å². The lowest BCUT2D eigenvalue weighted by Gasteiger charge is -2.25. The summed E-state index contributed by atoms with van der Waals surface area (Å²) in [6, 6.07) is 13.2. The summed E-state index contributed by atoms with van der Waals surface area (Å²) in [5, 5.41) is 5.59. The average Bonchev–Trinajstić information content (AvgIpc) is 2.56. The largest absolute Gasteiger partial charge is 0.478 e. The molecule has 1 aliphatic heterocycles. The van der Waals surface area contributed by atoms with Crippen molar-refractivity contribution in [2.75, 3.05) is 10.6 Å². The van der Waals surface area contributed by atoms with Crippen LogP contribution in [0.3, 0.4) is 0 Å². The van der Waals surface area contributed by atoms with Crippen molar-refractivity contribution in [3.05, 3.63) is 53.6 Å². The third-order valence-electron chi connectivity index (χ3n) is 3.97. The predicted octanol–water partition coefficient (Wildman–Crippen LogP) is 3.29. The van der Waals surface area contributed by atoms with Crippen LogP contribution in [-0.2, 0) is 16.0 Å². The summed E-state index contributed by atoms with van der Waals surface area (Å²) < 4.78 is 5.67. The minimum absolute atomic E-state index is 0.0331. The first-order valence-electron chi connectivity index (χ1n) is 8.02. The first-order valence-corrected chi connectivity index (χ1v) is 8.02. The maximum absolute atomic E-state index is 12.2. The smallest absolute Gasteiger partial charge is 0.266 e. The Bertz CT molecular complexity index is 769. The van der Waals surface area contributed by atoms with Crippen LogP contribution < -0.4 is 15.4 Å². The SMILES string of the molecule is CCc1ccc(NC(=O)CC2Oc3ccc(C)cc3NC2=O)cc1. The number of hydrogen-bond donors (Lipinski definition) is 2. The molecule has 0 radical (unpaired) electrons. The molecule has 1 aliphatic rings. The van der Waals surface area contributed by atoms with Crippen LogP contribution in [0.15, 0.2) is 42.5 Å². The molecule has 0 aliphatic carbocycles. The summed E-state index contributed by atoms with van der Waals surface area (Å²) >= 11 is 0. The molecule has 2 aromatic rings. The first-order chi connectivity index (χ1) is 11.5. The molecule has 1 unspecified atom stereocenters. The Morgan fingerprint density at radius 2 is 1.96 bits per heavy atom. The molecule has 0 saturated heterocycles. The number of benzene rings is 2. The Morgan fingerprint density at radius 3 is 2.67 bits per heavy atom. The topological polar surface area (TPSA) is 67.4 Å². The quantitative estimate of drug-likeness (QED) is 0.907. The number of carbonyl (C=O) groups is 2. The molecule has 5 heteroatoms. The highest BCUT2D eigenvalue weighted by molar-refractivity contribution is 6.02. The summed E-state index contributed by atoms with van der Waals surface area (Å²) in [7, 11) is 0. The van der Waals surface area contributed by atoms with Gasteiger partial charge in [-0.1, -0.05) is 25.1 Å². The van der Waals surface area contributed by atoms with Crippen LogP contribution in [0.2, 0.25) is 0 Å². The van der Waals surface area contributed by atoms with Gasteiger partial charge in [0.2, 0.25) is 5.91 Å². The predicted molar refractivity (Wildman–Crippen MR) is 93.3 cm³/mol. The number of ether oxygens (including phenoxy) is 1. The minimum atomic E-state index is -0.824. The van der Waals surface area contributed by atoms with Gasteiger partial charge in [0, 0.05) is 5.69 Å². The van der Waals surface area contributed by atoms with Crippen LogP contribution >= 0.6 is 0 Å². The number of amides is 2. The number of aryl methyl sites for hydroxylation is 2. The molecule has 1 heterocycles. The van der Waals surface area contributed by atoms with E-state index in [1.54, 1.807) is 6.07 Å². The van der Waals surface area contributed by atoms with E-state index < -0.39 is 6.10 Å². The second kappa shape index (κ2) is 6.74. The highest BCUT2D eigenvalue weighted by Gasteiger charge is 2.29. The van der Waals surface area contributed by atoms with Crippen molar-refractivity contribution in [3.8, 4) is 5.75 Å². The molecule has 0 aromatic heterocycles. The normalized spacial score (nSPS) is 15.9. The van der Waals surface area contributed by atoms with Gasteiger partial charge < -0.3 is 15.4 Å². The molecule has 0 spiro atoms. The van der Waals surface area contributed by atoms with Gasteiger partial charge in [-0.15, -0.1) is 0 Å². The number of fused-ring (bicyclic) bond motifs is 1. The fourth-order valence-electron chi connectivity index (χ4n) is 2.60. The van der Waals surface area contributed by atoms with E-state index in [1.165, 1.54) is 5.56 Å². The first kappa shape index (κ1) is 16.1. The van der Waals surface area contributed by atoms with Crippen LogP contribution in [0, 0.1) is 6.92 Å². The molecule has 0 fully saturated rings. The van der Waals surface area contributed by atoms with Crippen LogP contribution in [-0.4, -0.2) is 17.9 Å². The van der Waals surface area contributed by atoms with Gasteiger partial charge in [-0.25, -0.2) is 0 Å². The van der Waals surface area contributed by atoms with Gasteiger partial charge in [0.25, 0.3) is 5.91 Å². The van der Waals surface area contributed by atoms with Crippen LogP contribution in [0.25, 0.3) is 0 Å². The van der Waals surface area contributed by atoms with E-state index in [0.717, 1.165) is 12.0 Å². The Balaban J connectivity index is 1.63. The third kappa shape index (κ3) is 3.56. The molecule has 24 heavy (non-hydrogen) atoms. The van der Waals surface area contributed by atoms with E-state index >= 15 is 0 Å². The highest BCUT2D eigenvalue weighted by atomic mass is 16.5. The summed E-state index contributed by atoms with van der Waals surface area (Å²) in [5.41, 5.74) is 3.59. The van der Waals surface area contributed by atoms with Crippen molar-refractivity contribution < 1.29 is 14.3 Å². The van der Waals surface area contributed by atoms with Crippen molar-refractivity contribution in [2.45, 2.75) is 32.8 Å². The van der Waals surface area contributed by atoms with Gasteiger partial charge in [0.15, 0.2) is 6.10 Å². The molecule has 5 nitrogen and oxygen atoms in total. The lowest BCUT2D eigenvalue weighted by molar-refractivity contribution is -0.128. The Morgan fingerprint density at radius 1 is 1.21 bits per heavy atom. The zero-order valence-corrected chi connectivity index (χ0v) is 13.8. The Labute approximate surface area is 141 Å². The number of rotatable bonds is 4. The zero-order valence-electron chi connectivity index (χ0n) is 13.8. The fraction of sp³-hybridized carbons (Fsp3) is 0.263. The van der Waals surface area contributed by atoms with E-state index in [4.69, 9.17) is 4.74 Å². The highest BCUT2D eigenvalue weighted by Crippen LogP contribution is 2.31. The molecule has 0 saturated carbocycles.